The van der Waals surface area contributed by atoms with Gasteiger partial charge in [0, 0.05) is 11.8 Å². The Morgan fingerprint density at radius 1 is 1.62 bits per heavy atom. The van der Waals surface area contributed by atoms with Gasteiger partial charge in [-0.1, -0.05) is 6.07 Å². The second kappa shape index (κ2) is 4.18. The summed E-state index contributed by atoms with van der Waals surface area (Å²) in [6.45, 7) is 1.55. The number of hydrogen-bond acceptors (Lipinski definition) is 2. The van der Waals surface area contributed by atoms with Crippen LogP contribution in [0.15, 0.2) is 28.5 Å². The number of carboxylic acid groups (broad SMARTS) is 1. The molecular formula is C9H8BrNO2. The molecule has 1 rings (SSSR count). The van der Waals surface area contributed by atoms with Gasteiger partial charge in [-0.3, -0.25) is 0 Å². The molecule has 0 aliphatic carbocycles. The first kappa shape index (κ1) is 9.92. The molecule has 0 saturated carbocycles. The molecule has 0 saturated heterocycles. The summed E-state index contributed by atoms with van der Waals surface area (Å²) >= 11 is 3.19. The van der Waals surface area contributed by atoms with Crippen LogP contribution in [0.3, 0.4) is 0 Å². The molecule has 4 heteroatoms. The number of aromatic nitrogens is 1. The van der Waals surface area contributed by atoms with Crippen molar-refractivity contribution < 1.29 is 9.90 Å². The molecule has 0 amide bonds. The molecule has 0 aliphatic rings. The minimum absolute atomic E-state index is 0.295. The van der Waals surface area contributed by atoms with Gasteiger partial charge in [-0.15, -0.1) is 0 Å². The van der Waals surface area contributed by atoms with E-state index >= 15 is 0 Å². The van der Waals surface area contributed by atoms with E-state index in [2.05, 4.69) is 20.9 Å². The molecule has 1 heterocycles. The molecule has 0 radical (unpaired) electrons. The highest BCUT2D eigenvalue weighted by atomic mass is 79.9. The van der Waals surface area contributed by atoms with Crippen LogP contribution in [-0.2, 0) is 4.79 Å². The highest BCUT2D eigenvalue weighted by Crippen LogP contribution is 2.09. The summed E-state index contributed by atoms with van der Waals surface area (Å²) < 4.78 is 0.734. The summed E-state index contributed by atoms with van der Waals surface area (Å²) in [5.74, 6) is -0.914. The standard InChI is InChI=1S/C9H8BrNO2/c1-6(9(12)13)4-7-2-3-8(10)11-5-7/h2-5H,1H3,(H,12,13). The van der Waals surface area contributed by atoms with E-state index in [1.165, 1.54) is 0 Å². The van der Waals surface area contributed by atoms with Crippen molar-refractivity contribution in [3.63, 3.8) is 0 Å². The fraction of sp³-hybridized carbons (Fsp3) is 0.111. The van der Waals surface area contributed by atoms with E-state index in [-0.39, 0.29) is 0 Å². The molecule has 0 aliphatic heterocycles. The van der Waals surface area contributed by atoms with E-state index in [1.807, 2.05) is 0 Å². The zero-order valence-electron chi connectivity index (χ0n) is 6.99. The van der Waals surface area contributed by atoms with Gasteiger partial charge in [-0.2, -0.15) is 0 Å². The normalized spacial score (nSPS) is 11.4. The number of aliphatic carboxylic acids is 1. The van der Waals surface area contributed by atoms with E-state index < -0.39 is 5.97 Å². The van der Waals surface area contributed by atoms with Crippen LogP contribution in [0.2, 0.25) is 0 Å². The van der Waals surface area contributed by atoms with Crippen LogP contribution in [0, 0.1) is 0 Å². The SMILES string of the molecule is CC(=Cc1ccc(Br)nc1)C(=O)O. The van der Waals surface area contributed by atoms with E-state index in [4.69, 9.17) is 5.11 Å². The van der Waals surface area contributed by atoms with Gasteiger partial charge < -0.3 is 5.11 Å². The van der Waals surface area contributed by atoms with Crippen molar-refractivity contribution in [1.29, 1.82) is 0 Å². The highest BCUT2D eigenvalue weighted by Gasteiger charge is 1.99. The van der Waals surface area contributed by atoms with Crippen LogP contribution in [0.5, 0.6) is 0 Å². The van der Waals surface area contributed by atoms with E-state index in [9.17, 15) is 4.79 Å². The number of nitrogens with zero attached hydrogens (tertiary/aromatic N) is 1. The number of halogens is 1. The molecular weight excluding hydrogens is 234 g/mol. The molecule has 0 aromatic carbocycles. The van der Waals surface area contributed by atoms with Crippen molar-refractivity contribution in [2.24, 2.45) is 0 Å². The Kier molecular flexibility index (Phi) is 3.19. The largest absolute Gasteiger partial charge is 0.478 e. The average Bonchev–Trinajstić information content (AvgIpc) is 2.08. The van der Waals surface area contributed by atoms with Crippen molar-refractivity contribution in [3.05, 3.63) is 34.1 Å². The lowest BCUT2D eigenvalue weighted by Crippen LogP contribution is -1.95. The number of hydrogen-bond donors (Lipinski definition) is 1. The maximum atomic E-state index is 10.5. The van der Waals surface area contributed by atoms with Crippen molar-refractivity contribution in [2.45, 2.75) is 6.92 Å². The Labute approximate surface area is 84.2 Å². The predicted octanol–water partition coefficient (Wildman–Crippen LogP) is 2.33. The lowest BCUT2D eigenvalue weighted by Gasteiger charge is -1.95. The Hall–Kier alpha value is -1.16. The van der Waals surface area contributed by atoms with Gasteiger partial charge in [0.1, 0.15) is 4.60 Å². The summed E-state index contributed by atoms with van der Waals surface area (Å²) in [5.41, 5.74) is 1.08. The molecule has 0 unspecified atom stereocenters. The minimum atomic E-state index is -0.914. The Morgan fingerprint density at radius 2 is 2.31 bits per heavy atom. The monoisotopic (exact) mass is 241 g/mol. The third kappa shape index (κ3) is 2.99. The lowest BCUT2D eigenvalue weighted by molar-refractivity contribution is -0.132. The molecule has 1 N–H and O–H groups in total. The average molecular weight is 242 g/mol. The Bertz CT molecular complexity index is 343. The minimum Gasteiger partial charge on any atom is -0.478 e. The number of carbonyl (C=O) groups is 1. The van der Waals surface area contributed by atoms with Crippen molar-refractivity contribution in [2.75, 3.05) is 0 Å². The third-order valence-corrected chi connectivity index (χ3v) is 1.94. The fourth-order valence-electron chi connectivity index (χ4n) is 0.784. The van der Waals surface area contributed by atoms with Gasteiger partial charge in [-0.05, 0) is 40.6 Å². The topological polar surface area (TPSA) is 50.2 Å². The van der Waals surface area contributed by atoms with Crippen LogP contribution in [0.4, 0.5) is 0 Å². The van der Waals surface area contributed by atoms with Crippen molar-refractivity contribution in [3.8, 4) is 0 Å². The zero-order valence-corrected chi connectivity index (χ0v) is 8.58. The van der Waals surface area contributed by atoms with Gasteiger partial charge >= 0.3 is 5.97 Å². The molecule has 1 aromatic heterocycles. The van der Waals surface area contributed by atoms with E-state index in [0.29, 0.717) is 5.57 Å². The van der Waals surface area contributed by atoms with Crippen molar-refractivity contribution in [1.82, 2.24) is 4.98 Å². The summed E-state index contributed by atoms with van der Waals surface area (Å²) in [4.78, 5) is 14.4. The zero-order chi connectivity index (χ0) is 9.84. The first-order valence-corrected chi connectivity index (χ1v) is 4.42. The summed E-state index contributed by atoms with van der Waals surface area (Å²) in [6.07, 6.45) is 3.18. The van der Waals surface area contributed by atoms with Gasteiger partial charge in [0.15, 0.2) is 0 Å². The summed E-state index contributed by atoms with van der Waals surface area (Å²) in [5, 5.41) is 8.60. The molecule has 0 spiro atoms. The van der Waals surface area contributed by atoms with Gasteiger partial charge in [0.05, 0.1) is 0 Å². The highest BCUT2D eigenvalue weighted by molar-refractivity contribution is 9.10. The molecule has 0 atom stereocenters. The van der Waals surface area contributed by atoms with E-state index in [1.54, 1.807) is 31.3 Å². The van der Waals surface area contributed by atoms with Gasteiger partial charge in [0.25, 0.3) is 0 Å². The van der Waals surface area contributed by atoms with Crippen LogP contribution in [0.1, 0.15) is 12.5 Å². The summed E-state index contributed by atoms with van der Waals surface area (Å²) in [6, 6.07) is 3.56. The Morgan fingerprint density at radius 3 is 2.77 bits per heavy atom. The van der Waals surface area contributed by atoms with Crippen LogP contribution in [0.25, 0.3) is 6.08 Å². The van der Waals surface area contributed by atoms with Gasteiger partial charge in [-0.25, -0.2) is 9.78 Å². The van der Waals surface area contributed by atoms with Crippen LogP contribution < -0.4 is 0 Å². The second-order valence-electron chi connectivity index (χ2n) is 2.55. The first-order valence-electron chi connectivity index (χ1n) is 3.63. The predicted molar refractivity (Wildman–Crippen MR) is 53.2 cm³/mol. The first-order chi connectivity index (χ1) is 6.09. The molecule has 13 heavy (non-hydrogen) atoms. The van der Waals surface area contributed by atoms with Crippen LogP contribution in [-0.4, -0.2) is 16.1 Å². The maximum absolute atomic E-state index is 10.5. The van der Waals surface area contributed by atoms with E-state index in [0.717, 1.165) is 10.2 Å². The van der Waals surface area contributed by atoms with Crippen molar-refractivity contribution >= 4 is 28.0 Å². The Balaban J connectivity index is 2.92. The maximum Gasteiger partial charge on any atom is 0.331 e. The molecule has 1 aromatic rings. The fourth-order valence-corrected chi connectivity index (χ4v) is 1.02. The molecule has 68 valence electrons. The number of carboxylic acids is 1. The van der Waals surface area contributed by atoms with Crippen LogP contribution >= 0.6 is 15.9 Å². The molecule has 0 fully saturated rings. The molecule has 0 bridgehead atoms. The number of pyridine rings is 1. The molecule has 3 nitrogen and oxygen atoms in total. The smallest absolute Gasteiger partial charge is 0.331 e. The van der Waals surface area contributed by atoms with Gasteiger partial charge in [0.2, 0.25) is 0 Å². The summed E-state index contributed by atoms with van der Waals surface area (Å²) in [7, 11) is 0. The second-order valence-corrected chi connectivity index (χ2v) is 3.36. The third-order valence-electron chi connectivity index (χ3n) is 1.47. The quantitative estimate of drug-likeness (QED) is 0.639. The lowest BCUT2D eigenvalue weighted by atomic mass is 10.2. The number of rotatable bonds is 2.